The Kier molecular flexibility index (Phi) is 3.95. The number of phenolic OH excluding ortho intramolecular Hbond substituents is 1. The molecule has 0 aliphatic heterocycles. The van der Waals surface area contributed by atoms with Gasteiger partial charge in [-0.05, 0) is 42.0 Å². The molecule has 2 aromatic rings. The molecule has 0 radical (unpaired) electrons. The van der Waals surface area contributed by atoms with E-state index in [0.717, 1.165) is 17.5 Å². The lowest BCUT2D eigenvalue weighted by atomic mass is 9.97. The van der Waals surface area contributed by atoms with Crippen LogP contribution in [0.5, 0.6) is 5.75 Å². The average molecular weight is 283 g/mol. The van der Waals surface area contributed by atoms with Gasteiger partial charge in [0.15, 0.2) is 0 Å². The number of fused-ring (bicyclic) bond motifs is 1. The Bertz CT molecular complexity index is 625. The Labute approximate surface area is 125 Å². The van der Waals surface area contributed by atoms with Crippen LogP contribution in [0.4, 0.5) is 0 Å². The molecule has 0 heterocycles. The van der Waals surface area contributed by atoms with Crippen LogP contribution in [0.15, 0.2) is 42.5 Å². The minimum atomic E-state index is 0.0543. The Hall–Kier alpha value is -1.84. The lowest BCUT2D eigenvalue weighted by molar-refractivity contribution is 0.00210. The van der Waals surface area contributed by atoms with Crippen LogP contribution >= 0.6 is 0 Å². The zero-order chi connectivity index (χ0) is 14.8. The first-order valence-electron chi connectivity index (χ1n) is 7.40. The molecule has 21 heavy (non-hydrogen) atoms. The number of aryl methyl sites for hydroxylation is 1. The van der Waals surface area contributed by atoms with Crippen molar-refractivity contribution in [1.29, 1.82) is 0 Å². The van der Waals surface area contributed by atoms with Crippen molar-refractivity contribution < 1.29 is 9.94 Å². The first-order valence-corrected chi connectivity index (χ1v) is 7.40. The molecule has 0 spiro atoms. The summed E-state index contributed by atoms with van der Waals surface area (Å²) in [6, 6.07) is 13.9. The molecule has 0 saturated heterocycles. The number of rotatable bonds is 4. The van der Waals surface area contributed by atoms with E-state index in [2.05, 4.69) is 19.3 Å². The van der Waals surface area contributed by atoms with Crippen molar-refractivity contribution in [2.75, 3.05) is 0 Å². The van der Waals surface area contributed by atoms with Crippen molar-refractivity contribution in [3.8, 4) is 5.75 Å². The SMILES string of the molecule is Cc1ccc(O)c2c1C(C)CC2NOCc1ccccc1. The average Bonchev–Trinajstić information content (AvgIpc) is 2.82. The maximum atomic E-state index is 10.2. The van der Waals surface area contributed by atoms with Gasteiger partial charge in [-0.25, -0.2) is 0 Å². The first kappa shape index (κ1) is 14.1. The summed E-state index contributed by atoms with van der Waals surface area (Å²) in [5, 5.41) is 10.2. The normalized spacial score (nSPS) is 20.5. The summed E-state index contributed by atoms with van der Waals surface area (Å²) in [6.07, 6.45) is 0.947. The molecule has 1 aliphatic carbocycles. The van der Waals surface area contributed by atoms with Crippen molar-refractivity contribution in [1.82, 2.24) is 5.48 Å². The minimum Gasteiger partial charge on any atom is -0.508 e. The third-order valence-corrected chi connectivity index (χ3v) is 4.22. The van der Waals surface area contributed by atoms with Crippen LogP contribution < -0.4 is 5.48 Å². The fraction of sp³-hybridized carbons (Fsp3) is 0.333. The molecule has 1 aliphatic rings. The second-order valence-corrected chi connectivity index (χ2v) is 5.81. The molecule has 2 unspecified atom stereocenters. The molecule has 0 fully saturated rings. The predicted molar refractivity (Wildman–Crippen MR) is 83.0 cm³/mol. The van der Waals surface area contributed by atoms with Gasteiger partial charge in [0.25, 0.3) is 0 Å². The van der Waals surface area contributed by atoms with E-state index in [1.807, 2.05) is 36.4 Å². The van der Waals surface area contributed by atoms with Gasteiger partial charge in [-0.1, -0.05) is 43.3 Å². The third kappa shape index (κ3) is 2.80. The van der Waals surface area contributed by atoms with E-state index in [4.69, 9.17) is 4.84 Å². The highest BCUT2D eigenvalue weighted by atomic mass is 16.6. The molecule has 2 N–H and O–H groups in total. The van der Waals surface area contributed by atoms with Crippen LogP contribution in [0.1, 0.15) is 47.6 Å². The van der Waals surface area contributed by atoms with E-state index in [1.54, 1.807) is 6.07 Å². The minimum absolute atomic E-state index is 0.0543. The topological polar surface area (TPSA) is 41.5 Å². The second-order valence-electron chi connectivity index (χ2n) is 5.81. The van der Waals surface area contributed by atoms with Gasteiger partial charge in [0.05, 0.1) is 12.6 Å². The molecule has 0 saturated carbocycles. The largest absolute Gasteiger partial charge is 0.508 e. The molecule has 3 heteroatoms. The maximum Gasteiger partial charge on any atom is 0.120 e. The summed E-state index contributed by atoms with van der Waals surface area (Å²) in [7, 11) is 0. The van der Waals surface area contributed by atoms with E-state index in [9.17, 15) is 5.11 Å². The van der Waals surface area contributed by atoms with Crippen LogP contribution in [-0.2, 0) is 11.4 Å². The highest BCUT2D eigenvalue weighted by molar-refractivity contribution is 5.50. The molecule has 3 rings (SSSR count). The van der Waals surface area contributed by atoms with Gasteiger partial charge in [0.2, 0.25) is 0 Å². The van der Waals surface area contributed by atoms with Gasteiger partial charge in [0.1, 0.15) is 5.75 Å². The van der Waals surface area contributed by atoms with Crippen LogP contribution in [0.2, 0.25) is 0 Å². The number of hydroxylamine groups is 1. The van der Waals surface area contributed by atoms with E-state index < -0.39 is 0 Å². The number of nitrogens with one attached hydrogen (secondary N) is 1. The lowest BCUT2D eigenvalue weighted by Crippen LogP contribution is -2.19. The van der Waals surface area contributed by atoms with Gasteiger partial charge in [-0.15, -0.1) is 0 Å². The molecule has 3 nitrogen and oxygen atoms in total. The smallest absolute Gasteiger partial charge is 0.120 e. The Balaban J connectivity index is 1.70. The number of aromatic hydroxyl groups is 1. The molecular weight excluding hydrogens is 262 g/mol. The standard InChI is InChI=1S/C18H21NO2/c1-12-8-9-16(20)18-15(10-13(2)17(12)18)19-21-11-14-6-4-3-5-7-14/h3-9,13,15,19-20H,10-11H2,1-2H3. The van der Waals surface area contributed by atoms with Crippen LogP contribution in [-0.4, -0.2) is 5.11 Å². The van der Waals surface area contributed by atoms with Crippen molar-refractivity contribution in [2.45, 2.75) is 38.8 Å². The maximum absolute atomic E-state index is 10.2. The molecule has 0 aromatic heterocycles. The quantitative estimate of drug-likeness (QED) is 0.834. The van der Waals surface area contributed by atoms with Gasteiger partial charge in [-0.3, -0.25) is 4.84 Å². The molecular formula is C18H21NO2. The van der Waals surface area contributed by atoms with Crippen molar-refractivity contribution >= 4 is 0 Å². The summed E-state index contributed by atoms with van der Waals surface area (Å²) in [4.78, 5) is 5.64. The van der Waals surface area contributed by atoms with E-state index in [-0.39, 0.29) is 6.04 Å². The van der Waals surface area contributed by atoms with Crippen LogP contribution in [0.25, 0.3) is 0 Å². The van der Waals surface area contributed by atoms with Gasteiger partial charge < -0.3 is 5.11 Å². The van der Waals surface area contributed by atoms with E-state index >= 15 is 0 Å². The fourth-order valence-corrected chi connectivity index (χ4v) is 3.25. The molecule has 2 aromatic carbocycles. The third-order valence-electron chi connectivity index (χ3n) is 4.22. The predicted octanol–water partition coefficient (Wildman–Crippen LogP) is 3.97. The number of hydrogen-bond acceptors (Lipinski definition) is 3. The molecule has 110 valence electrons. The molecule has 0 bridgehead atoms. The number of benzene rings is 2. The first-order chi connectivity index (χ1) is 10.2. The zero-order valence-corrected chi connectivity index (χ0v) is 12.5. The second kappa shape index (κ2) is 5.88. The molecule has 0 amide bonds. The van der Waals surface area contributed by atoms with Gasteiger partial charge in [-0.2, -0.15) is 5.48 Å². The summed E-state index contributed by atoms with van der Waals surface area (Å²) in [5.74, 6) is 0.797. The summed E-state index contributed by atoms with van der Waals surface area (Å²) >= 11 is 0. The van der Waals surface area contributed by atoms with Gasteiger partial charge in [0, 0.05) is 5.56 Å². The Morgan fingerprint density at radius 1 is 1.14 bits per heavy atom. The number of phenols is 1. The summed E-state index contributed by atoms with van der Waals surface area (Å²) in [6.45, 7) is 4.82. The van der Waals surface area contributed by atoms with E-state index in [1.165, 1.54) is 11.1 Å². The zero-order valence-electron chi connectivity index (χ0n) is 12.5. The Morgan fingerprint density at radius 3 is 2.67 bits per heavy atom. The van der Waals surface area contributed by atoms with Crippen LogP contribution in [0, 0.1) is 6.92 Å². The highest BCUT2D eigenvalue weighted by Crippen LogP contribution is 2.45. The lowest BCUT2D eigenvalue weighted by Gasteiger charge is -2.15. The van der Waals surface area contributed by atoms with Crippen molar-refractivity contribution in [3.05, 3.63) is 64.7 Å². The van der Waals surface area contributed by atoms with Crippen molar-refractivity contribution in [2.24, 2.45) is 0 Å². The Morgan fingerprint density at radius 2 is 1.90 bits per heavy atom. The summed E-state index contributed by atoms with van der Waals surface area (Å²) < 4.78 is 0. The van der Waals surface area contributed by atoms with Gasteiger partial charge >= 0.3 is 0 Å². The summed E-state index contributed by atoms with van der Waals surface area (Å²) in [5.41, 5.74) is 7.75. The monoisotopic (exact) mass is 283 g/mol. The fourth-order valence-electron chi connectivity index (χ4n) is 3.25. The molecule has 2 atom stereocenters. The van der Waals surface area contributed by atoms with E-state index in [0.29, 0.717) is 18.3 Å². The highest BCUT2D eigenvalue weighted by Gasteiger charge is 2.32. The van der Waals surface area contributed by atoms with Crippen molar-refractivity contribution in [3.63, 3.8) is 0 Å². The van der Waals surface area contributed by atoms with Crippen LogP contribution in [0.3, 0.4) is 0 Å². The number of hydrogen-bond donors (Lipinski definition) is 2.